The molecule has 1 aromatic carbocycles. The summed E-state index contributed by atoms with van der Waals surface area (Å²) in [6.07, 6.45) is 0.646. The number of amides is 1. The lowest BCUT2D eigenvalue weighted by atomic mass is 10.1. The second-order valence-electron chi connectivity index (χ2n) is 5.59. The van der Waals surface area contributed by atoms with E-state index in [-0.39, 0.29) is 18.0 Å². The maximum Gasteiger partial charge on any atom is 0.413 e. The van der Waals surface area contributed by atoms with Gasteiger partial charge in [0.1, 0.15) is 11.3 Å². The van der Waals surface area contributed by atoms with Gasteiger partial charge in [0.25, 0.3) is 5.56 Å². The van der Waals surface area contributed by atoms with Gasteiger partial charge in [0.2, 0.25) is 5.95 Å². The first-order valence-electron chi connectivity index (χ1n) is 8.02. The van der Waals surface area contributed by atoms with Gasteiger partial charge in [0, 0.05) is 5.56 Å². The molecule has 11 heteroatoms. The molecule has 3 aromatic rings. The predicted molar refractivity (Wildman–Crippen MR) is 97.6 cm³/mol. The number of ether oxygens (including phenoxy) is 3. The Hall–Kier alpha value is -3.89. The van der Waals surface area contributed by atoms with Crippen LogP contribution >= 0.6 is 0 Å². The maximum atomic E-state index is 12.4. The Morgan fingerprint density at radius 1 is 1.21 bits per heavy atom. The third kappa shape index (κ3) is 3.63. The van der Waals surface area contributed by atoms with Gasteiger partial charge in [-0.05, 0) is 12.1 Å². The first kappa shape index (κ1) is 18.9. The lowest BCUT2D eigenvalue weighted by Gasteiger charge is -2.11. The Morgan fingerprint density at radius 2 is 2.00 bits per heavy atom. The van der Waals surface area contributed by atoms with Crippen molar-refractivity contribution in [3.63, 3.8) is 0 Å². The molecule has 0 radical (unpaired) electrons. The number of hydrogen-bond acceptors (Lipinski definition) is 8. The van der Waals surface area contributed by atoms with Crippen LogP contribution in [0.15, 0.2) is 29.2 Å². The van der Waals surface area contributed by atoms with Gasteiger partial charge in [0.15, 0.2) is 5.52 Å². The Labute approximate surface area is 158 Å². The summed E-state index contributed by atoms with van der Waals surface area (Å²) in [6, 6.07) is 4.83. The zero-order chi connectivity index (χ0) is 20.3. The molecule has 2 heterocycles. The van der Waals surface area contributed by atoms with Crippen LogP contribution in [0.4, 0.5) is 10.7 Å². The second kappa shape index (κ2) is 7.78. The summed E-state index contributed by atoms with van der Waals surface area (Å²) in [7, 11) is 3.96. The molecule has 11 nitrogen and oxygen atoms in total. The Kier molecular flexibility index (Phi) is 5.25. The van der Waals surface area contributed by atoms with E-state index >= 15 is 0 Å². The van der Waals surface area contributed by atoms with Crippen molar-refractivity contribution in [1.29, 1.82) is 0 Å². The van der Waals surface area contributed by atoms with Crippen molar-refractivity contribution in [2.75, 3.05) is 26.6 Å². The highest BCUT2D eigenvalue weighted by molar-refractivity contribution is 5.90. The van der Waals surface area contributed by atoms with Gasteiger partial charge in [-0.2, -0.15) is 5.10 Å². The van der Waals surface area contributed by atoms with Gasteiger partial charge in [-0.3, -0.25) is 19.8 Å². The minimum Gasteiger partial charge on any atom is -0.496 e. The van der Waals surface area contributed by atoms with Crippen molar-refractivity contribution in [3.8, 4) is 5.75 Å². The zero-order valence-corrected chi connectivity index (χ0v) is 15.3. The number of aromatic amines is 1. The number of H-pyrrole nitrogens is 1. The monoisotopic (exact) mass is 387 g/mol. The minimum atomic E-state index is -0.759. The number of hydrogen-bond donors (Lipinski definition) is 2. The summed E-state index contributed by atoms with van der Waals surface area (Å²) >= 11 is 0. The first-order valence-corrected chi connectivity index (χ1v) is 8.02. The van der Waals surface area contributed by atoms with E-state index in [0.717, 1.165) is 0 Å². The summed E-state index contributed by atoms with van der Waals surface area (Å²) in [5.74, 6) is -0.0931. The average Bonchev–Trinajstić information content (AvgIpc) is 3.10. The largest absolute Gasteiger partial charge is 0.496 e. The number of anilines is 1. The third-order valence-electron chi connectivity index (χ3n) is 3.93. The van der Waals surface area contributed by atoms with Gasteiger partial charge in [-0.1, -0.05) is 6.07 Å². The SMILES string of the molecule is COC(=O)Nc1nc2cnn(Cc3ccc(C(=O)OC)cc3OC)c2c(=O)[nH]1. The molecule has 0 aliphatic rings. The van der Waals surface area contributed by atoms with Crippen LogP contribution in [-0.4, -0.2) is 53.1 Å². The lowest BCUT2D eigenvalue weighted by molar-refractivity contribution is 0.0600. The number of aromatic nitrogens is 4. The van der Waals surface area contributed by atoms with Crippen LogP contribution in [0.3, 0.4) is 0 Å². The van der Waals surface area contributed by atoms with Crippen molar-refractivity contribution in [1.82, 2.24) is 19.7 Å². The Bertz CT molecular complexity index is 1100. The quantitative estimate of drug-likeness (QED) is 0.622. The van der Waals surface area contributed by atoms with E-state index in [9.17, 15) is 14.4 Å². The number of carbonyl (C=O) groups is 2. The molecule has 0 saturated carbocycles. The van der Waals surface area contributed by atoms with Crippen molar-refractivity contribution < 1.29 is 23.8 Å². The minimum absolute atomic E-state index is 0.0519. The van der Waals surface area contributed by atoms with Crippen LogP contribution in [0, 0.1) is 0 Å². The van der Waals surface area contributed by atoms with Crippen LogP contribution in [-0.2, 0) is 16.0 Å². The van der Waals surface area contributed by atoms with E-state index in [1.165, 1.54) is 32.2 Å². The molecule has 0 bridgehead atoms. The Morgan fingerprint density at radius 3 is 2.68 bits per heavy atom. The summed E-state index contributed by atoms with van der Waals surface area (Å²) < 4.78 is 15.9. The second-order valence-corrected chi connectivity index (χ2v) is 5.59. The number of rotatable bonds is 5. The lowest BCUT2D eigenvalue weighted by Crippen LogP contribution is -2.19. The number of carbonyl (C=O) groups excluding carboxylic acids is 2. The van der Waals surface area contributed by atoms with Gasteiger partial charge in [0.05, 0.1) is 39.6 Å². The summed E-state index contributed by atoms with van der Waals surface area (Å²) in [6.45, 7) is 0.197. The van der Waals surface area contributed by atoms with E-state index < -0.39 is 17.6 Å². The van der Waals surface area contributed by atoms with Crippen LogP contribution in [0.5, 0.6) is 5.75 Å². The van der Waals surface area contributed by atoms with E-state index in [1.807, 2.05) is 0 Å². The molecule has 2 N–H and O–H groups in total. The highest BCUT2D eigenvalue weighted by atomic mass is 16.5. The van der Waals surface area contributed by atoms with Crippen LogP contribution in [0.1, 0.15) is 15.9 Å². The number of benzene rings is 1. The molecular formula is C17H17N5O6. The molecule has 146 valence electrons. The summed E-state index contributed by atoms with van der Waals surface area (Å²) in [5, 5.41) is 6.48. The molecule has 0 spiro atoms. The third-order valence-corrected chi connectivity index (χ3v) is 3.93. The van der Waals surface area contributed by atoms with E-state index in [1.54, 1.807) is 18.2 Å². The van der Waals surface area contributed by atoms with E-state index in [0.29, 0.717) is 22.4 Å². The molecule has 3 rings (SSSR count). The van der Waals surface area contributed by atoms with E-state index in [4.69, 9.17) is 9.47 Å². The number of esters is 1. The zero-order valence-electron chi connectivity index (χ0n) is 15.3. The highest BCUT2D eigenvalue weighted by Crippen LogP contribution is 2.22. The number of nitrogens with one attached hydrogen (secondary N) is 2. The van der Waals surface area contributed by atoms with Crippen LogP contribution in [0.2, 0.25) is 0 Å². The van der Waals surface area contributed by atoms with Crippen LogP contribution < -0.4 is 15.6 Å². The van der Waals surface area contributed by atoms with Gasteiger partial charge in [-0.15, -0.1) is 0 Å². The molecule has 2 aromatic heterocycles. The summed E-state index contributed by atoms with van der Waals surface area (Å²) in [4.78, 5) is 42.0. The fourth-order valence-electron chi connectivity index (χ4n) is 2.61. The fraction of sp³-hybridized carbons (Fsp3) is 0.235. The molecule has 1 amide bonds. The predicted octanol–water partition coefficient (Wildman–Crippen LogP) is 1.14. The highest BCUT2D eigenvalue weighted by Gasteiger charge is 2.15. The molecule has 28 heavy (non-hydrogen) atoms. The van der Waals surface area contributed by atoms with Crippen molar-refractivity contribution >= 4 is 29.0 Å². The van der Waals surface area contributed by atoms with Crippen molar-refractivity contribution in [2.45, 2.75) is 6.54 Å². The van der Waals surface area contributed by atoms with E-state index in [2.05, 4.69) is 25.1 Å². The molecule has 0 atom stereocenters. The smallest absolute Gasteiger partial charge is 0.413 e. The standard InChI is InChI=1S/C17H17N5O6/c1-26-12-6-9(15(24)27-2)4-5-10(12)8-22-13-11(7-18-22)19-16(20-14(13)23)21-17(25)28-3/h4-7H,8H2,1-3H3,(H2,19,20,21,23,25). The molecule has 0 aliphatic heterocycles. The van der Waals surface area contributed by atoms with Gasteiger partial charge in [-0.25, -0.2) is 14.6 Å². The number of methoxy groups -OCH3 is 3. The fourth-order valence-corrected chi connectivity index (χ4v) is 2.61. The molecule has 0 unspecified atom stereocenters. The Balaban J connectivity index is 1.96. The average molecular weight is 387 g/mol. The molecular weight excluding hydrogens is 370 g/mol. The summed E-state index contributed by atoms with van der Waals surface area (Å²) in [5.41, 5.74) is 1.05. The van der Waals surface area contributed by atoms with Crippen LogP contribution in [0.25, 0.3) is 11.0 Å². The number of fused-ring (bicyclic) bond motifs is 1. The molecule has 0 saturated heterocycles. The molecule has 0 fully saturated rings. The van der Waals surface area contributed by atoms with Crippen molar-refractivity contribution in [3.05, 3.63) is 45.9 Å². The topological polar surface area (TPSA) is 137 Å². The number of nitrogens with zero attached hydrogens (tertiary/aromatic N) is 3. The van der Waals surface area contributed by atoms with Crippen molar-refractivity contribution in [2.24, 2.45) is 0 Å². The molecule has 0 aliphatic carbocycles. The van der Waals surface area contributed by atoms with Gasteiger partial charge < -0.3 is 14.2 Å². The maximum absolute atomic E-state index is 12.4. The first-order chi connectivity index (χ1) is 13.5. The normalized spacial score (nSPS) is 10.5. The van der Waals surface area contributed by atoms with Gasteiger partial charge >= 0.3 is 12.1 Å².